The highest BCUT2D eigenvalue weighted by Gasteiger charge is 2.13. The molecular weight excluding hydrogens is 274 g/mol. The molecule has 1 rings (SSSR count). The third kappa shape index (κ3) is 3.73. The van der Waals surface area contributed by atoms with Gasteiger partial charge in [0.05, 0.1) is 4.90 Å². The van der Waals surface area contributed by atoms with Crippen LogP contribution in [0.5, 0.6) is 5.75 Å². The topological polar surface area (TPSA) is 69.4 Å². The highest BCUT2D eigenvalue weighted by atomic mass is 35.5. The summed E-state index contributed by atoms with van der Waals surface area (Å²) >= 11 is 5.54. The third-order valence-corrected chi connectivity index (χ3v) is 3.66. The van der Waals surface area contributed by atoms with Gasteiger partial charge in [-0.2, -0.15) is 0 Å². The van der Waals surface area contributed by atoms with E-state index < -0.39 is 10.0 Å². The smallest absolute Gasteiger partial charge is 0.238 e. The predicted molar refractivity (Wildman–Crippen MR) is 72.4 cm³/mol. The molecule has 0 saturated heterocycles. The highest BCUT2D eigenvalue weighted by molar-refractivity contribution is 7.89. The van der Waals surface area contributed by atoms with Crippen LogP contribution in [0.3, 0.4) is 0 Å². The summed E-state index contributed by atoms with van der Waals surface area (Å²) in [6, 6.07) is 2.99. The monoisotopic (exact) mass is 289 g/mol. The number of halogens is 1. The molecule has 4 nitrogen and oxygen atoms in total. The lowest BCUT2D eigenvalue weighted by Gasteiger charge is -2.13. The summed E-state index contributed by atoms with van der Waals surface area (Å²) in [4.78, 5) is 0.0921. The summed E-state index contributed by atoms with van der Waals surface area (Å²) in [5.74, 6) is 0.653. The van der Waals surface area contributed by atoms with E-state index in [1.54, 1.807) is 13.8 Å². The molecule has 0 atom stereocenters. The molecule has 0 spiro atoms. The number of nitrogens with two attached hydrogens (primary N) is 1. The van der Waals surface area contributed by atoms with E-state index in [-0.39, 0.29) is 4.90 Å². The third-order valence-electron chi connectivity index (χ3n) is 2.39. The number of rotatable bonds is 4. The van der Waals surface area contributed by atoms with Gasteiger partial charge in [-0.25, -0.2) is 13.6 Å². The van der Waals surface area contributed by atoms with Crippen LogP contribution in [0.4, 0.5) is 0 Å². The van der Waals surface area contributed by atoms with Crippen molar-refractivity contribution < 1.29 is 13.2 Å². The van der Waals surface area contributed by atoms with Gasteiger partial charge < -0.3 is 4.74 Å². The minimum Gasteiger partial charge on any atom is -0.489 e. The van der Waals surface area contributed by atoms with Crippen LogP contribution in [0.1, 0.15) is 18.1 Å². The lowest BCUT2D eigenvalue weighted by molar-refractivity contribution is 0.347. The Morgan fingerprint density at radius 3 is 2.28 bits per heavy atom. The van der Waals surface area contributed by atoms with E-state index >= 15 is 0 Å². The zero-order valence-electron chi connectivity index (χ0n) is 10.5. The molecule has 1 aromatic rings. The van der Waals surface area contributed by atoms with E-state index in [0.29, 0.717) is 12.4 Å². The molecule has 0 amide bonds. The van der Waals surface area contributed by atoms with Gasteiger partial charge in [-0.05, 0) is 49.6 Å². The van der Waals surface area contributed by atoms with Crippen molar-refractivity contribution in [1.82, 2.24) is 0 Å². The van der Waals surface area contributed by atoms with Gasteiger partial charge in [0, 0.05) is 5.54 Å². The highest BCUT2D eigenvalue weighted by Crippen LogP contribution is 2.26. The average molecular weight is 290 g/mol. The number of sulfonamides is 1. The molecule has 0 heterocycles. The van der Waals surface area contributed by atoms with E-state index in [0.717, 1.165) is 16.7 Å². The van der Waals surface area contributed by atoms with Gasteiger partial charge in [0.15, 0.2) is 0 Å². The molecule has 0 radical (unpaired) electrons. The summed E-state index contributed by atoms with van der Waals surface area (Å²) < 4.78 is 28.1. The first kappa shape index (κ1) is 15.0. The van der Waals surface area contributed by atoms with Gasteiger partial charge >= 0.3 is 0 Å². The Bertz CT molecular complexity index is 556. The second-order valence-electron chi connectivity index (χ2n) is 4.18. The Labute approximate surface area is 112 Å². The molecule has 100 valence electrons. The maximum atomic E-state index is 11.3. The summed E-state index contributed by atoms with van der Waals surface area (Å²) in [7, 11) is -3.69. The van der Waals surface area contributed by atoms with Crippen molar-refractivity contribution in [2.45, 2.75) is 25.7 Å². The van der Waals surface area contributed by atoms with Crippen molar-refractivity contribution >= 4 is 21.6 Å². The van der Waals surface area contributed by atoms with Crippen LogP contribution in [0, 0.1) is 13.8 Å². The second-order valence-corrected chi connectivity index (χ2v) is 5.95. The fourth-order valence-corrected chi connectivity index (χ4v) is 2.27. The first-order valence-corrected chi connectivity index (χ1v) is 7.26. The van der Waals surface area contributed by atoms with Gasteiger partial charge in [0.1, 0.15) is 12.4 Å². The Morgan fingerprint density at radius 1 is 1.39 bits per heavy atom. The number of aryl methyl sites for hydroxylation is 2. The van der Waals surface area contributed by atoms with Crippen LogP contribution in [-0.2, 0) is 10.0 Å². The van der Waals surface area contributed by atoms with Gasteiger partial charge in [-0.1, -0.05) is 11.6 Å². The van der Waals surface area contributed by atoms with E-state index in [1.165, 1.54) is 17.7 Å². The molecule has 0 fully saturated rings. The minimum absolute atomic E-state index is 0.0921. The molecule has 0 saturated carbocycles. The molecule has 2 N–H and O–H groups in total. The number of hydrogen-bond donors (Lipinski definition) is 1. The molecule has 0 aromatic heterocycles. The Balaban J connectivity index is 3.10. The van der Waals surface area contributed by atoms with Crippen molar-refractivity contribution in [2.75, 3.05) is 6.61 Å². The van der Waals surface area contributed by atoms with E-state index in [2.05, 4.69) is 0 Å². The average Bonchev–Trinajstić information content (AvgIpc) is 2.26. The van der Waals surface area contributed by atoms with Crippen molar-refractivity contribution in [1.29, 1.82) is 0 Å². The largest absolute Gasteiger partial charge is 0.489 e. The lowest BCUT2D eigenvalue weighted by Crippen LogP contribution is -2.13. The Hall–Kier alpha value is -1.04. The molecule has 0 aliphatic rings. The van der Waals surface area contributed by atoms with Crippen LogP contribution in [0.15, 0.2) is 28.1 Å². The van der Waals surface area contributed by atoms with Crippen molar-refractivity contribution in [3.8, 4) is 5.75 Å². The number of primary sulfonamides is 1. The molecular formula is C12H16ClNO3S. The lowest BCUT2D eigenvalue weighted by atomic mass is 10.1. The zero-order chi connectivity index (χ0) is 13.9. The fourth-order valence-electron chi connectivity index (χ4n) is 1.52. The van der Waals surface area contributed by atoms with Crippen LogP contribution in [0.2, 0.25) is 0 Å². The molecule has 0 aliphatic carbocycles. The van der Waals surface area contributed by atoms with E-state index in [4.69, 9.17) is 21.5 Å². The van der Waals surface area contributed by atoms with Crippen LogP contribution < -0.4 is 9.88 Å². The predicted octanol–water partition coefficient (Wildman–Crippen LogP) is 2.47. The second kappa shape index (κ2) is 5.73. The molecule has 0 bridgehead atoms. The number of ether oxygens (including phenoxy) is 1. The standard InChI is InChI=1S/C12H16ClNO3S/c1-8(6-13)7-17-12-9(2)4-11(5-10(12)3)18(14,15)16/h4-6H,7H2,1-3H3,(H2,14,15,16). The Kier molecular flexibility index (Phi) is 4.78. The van der Waals surface area contributed by atoms with Gasteiger partial charge in [0.2, 0.25) is 10.0 Å². The zero-order valence-corrected chi connectivity index (χ0v) is 12.1. The molecule has 18 heavy (non-hydrogen) atoms. The van der Waals surface area contributed by atoms with Crippen molar-refractivity contribution in [3.05, 3.63) is 34.4 Å². The SMILES string of the molecule is CC(=CCl)COc1c(C)cc(S(N)(=O)=O)cc1C. The molecule has 0 unspecified atom stereocenters. The maximum absolute atomic E-state index is 11.3. The maximum Gasteiger partial charge on any atom is 0.238 e. The first-order chi connectivity index (χ1) is 8.25. The quantitative estimate of drug-likeness (QED) is 0.926. The number of hydrogen-bond acceptors (Lipinski definition) is 3. The molecule has 1 aromatic carbocycles. The summed E-state index contributed by atoms with van der Waals surface area (Å²) in [5, 5.41) is 5.09. The molecule has 0 aliphatic heterocycles. The summed E-state index contributed by atoms with van der Waals surface area (Å²) in [5.41, 5.74) is 3.78. The van der Waals surface area contributed by atoms with Crippen LogP contribution >= 0.6 is 11.6 Å². The minimum atomic E-state index is -3.69. The Morgan fingerprint density at radius 2 is 1.89 bits per heavy atom. The fraction of sp³-hybridized carbons (Fsp3) is 0.333. The molecule has 6 heteroatoms. The van der Waals surface area contributed by atoms with Crippen LogP contribution in [0.25, 0.3) is 0 Å². The van der Waals surface area contributed by atoms with Crippen molar-refractivity contribution in [3.63, 3.8) is 0 Å². The summed E-state index contributed by atoms with van der Waals surface area (Å²) in [6.07, 6.45) is 0. The number of benzene rings is 1. The van der Waals surface area contributed by atoms with Crippen LogP contribution in [-0.4, -0.2) is 15.0 Å². The first-order valence-electron chi connectivity index (χ1n) is 5.28. The van der Waals surface area contributed by atoms with Gasteiger partial charge in [0.25, 0.3) is 0 Å². The summed E-state index contributed by atoms with van der Waals surface area (Å²) in [6.45, 7) is 5.75. The normalized spacial score (nSPS) is 12.6. The van der Waals surface area contributed by atoms with Gasteiger partial charge in [-0.3, -0.25) is 0 Å². The van der Waals surface area contributed by atoms with E-state index in [9.17, 15) is 8.42 Å². The van der Waals surface area contributed by atoms with E-state index in [1.807, 2.05) is 6.92 Å². The van der Waals surface area contributed by atoms with Gasteiger partial charge in [-0.15, -0.1) is 0 Å². The van der Waals surface area contributed by atoms with Crippen molar-refractivity contribution in [2.24, 2.45) is 5.14 Å².